The van der Waals surface area contributed by atoms with Crippen molar-refractivity contribution in [3.63, 3.8) is 0 Å². The van der Waals surface area contributed by atoms with Crippen molar-refractivity contribution in [2.45, 2.75) is 12.8 Å². The third-order valence-electron chi connectivity index (χ3n) is 2.48. The maximum atomic E-state index is 8.40. The largest absolute Gasteiger partial charge is 0.462 e. The molecule has 0 unspecified atom stereocenters. The number of aryl methyl sites for hydroxylation is 1. The lowest BCUT2D eigenvalue weighted by atomic mass is 10.0. The summed E-state index contributed by atoms with van der Waals surface area (Å²) in [6.45, 7) is 0. The van der Waals surface area contributed by atoms with Gasteiger partial charge in [0.15, 0.2) is 0 Å². The Morgan fingerprint density at radius 2 is 1.80 bits per heavy atom. The zero-order valence-electron chi connectivity index (χ0n) is 8.40. The quantitative estimate of drug-likeness (QED) is 0.732. The second kappa shape index (κ2) is 4.52. The molecule has 1 nitrogen and oxygen atoms in total. The monoisotopic (exact) mass is 196 g/mol. The average Bonchev–Trinajstić information content (AvgIpc) is 2.30. The molecule has 0 bridgehead atoms. The number of aliphatic hydroxyl groups is 1. The molecule has 0 aromatic heterocycles. The normalized spacial score (nSPS) is 9.60. The molecular formula is C14H12O. The van der Waals surface area contributed by atoms with Crippen molar-refractivity contribution in [1.29, 1.82) is 0 Å². The summed E-state index contributed by atoms with van der Waals surface area (Å²) < 4.78 is 0. The minimum Gasteiger partial charge on any atom is -0.462 e. The smallest absolute Gasteiger partial charge is 0.107 e. The van der Waals surface area contributed by atoms with E-state index in [0.717, 1.165) is 6.42 Å². The van der Waals surface area contributed by atoms with Crippen molar-refractivity contribution in [1.82, 2.24) is 0 Å². The van der Waals surface area contributed by atoms with Crippen LogP contribution in [0.5, 0.6) is 0 Å². The Morgan fingerprint density at radius 3 is 2.67 bits per heavy atom. The Morgan fingerprint density at radius 1 is 1.00 bits per heavy atom. The summed E-state index contributed by atoms with van der Waals surface area (Å²) in [7, 11) is 0. The van der Waals surface area contributed by atoms with Crippen LogP contribution >= 0.6 is 0 Å². The maximum absolute atomic E-state index is 8.40. The first-order chi connectivity index (χ1) is 7.42. The van der Waals surface area contributed by atoms with Gasteiger partial charge in [-0.05, 0) is 22.8 Å². The van der Waals surface area contributed by atoms with Gasteiger partial charge < -0.3 is 5.11 Å². The Labute approximate surface area is 89.4 Å². The molecule has 0 atom stereocenters. The summed E-state index contributed by atoms with van der Waals surface area (Å²) in [6.07, 6.45) is 3.52. The molecule has 2 rings (SSSR count). The Balaban J connectivity index is 2.36. The van der Waals surface area contributed by atoms with Crippen LogP contribution in [0, 0.1) is 12.0 Å². The minimum absolute atomic E-state index is 0.699. The Bertz CT molecular complexity index is 512. The van der Waals surface area contributed by atoms with E-state index >= 15 is 0 Å². The van der Waals surface area contributed by atoms with E-state index in [9.17, 15) is 0 Å². The standard InChI is InChI=1S/C14H12O/c15-11-4-3-7-13-9-5-8-12-6-1-2-10-14(12)13/h1-2,5-6,8-10,15H,3,7H2. The Kier molecular flexibility index (Phi) is 2.90. The molecule has 0 radical (unpaired) electrons. The van der Waals surface area contributed by atoms with Gasteiger partial charge in [0.1, 0.15) is 6.11 Å². The van der Waals surface area contributed by atoms with Crippen LogP contribution in [-0.2, 0) is 6.42 Å². The highest BCUT2D eigenvalue weighted by Crippen LogP contribution is 2.19. The lowest BCUT2D eigenvalue weighted by molar-refractivity contribution is 0.516. The molecule has 0 fully saturated rings. The van der Waals surface area contributed by atoms with E-state index in [1.807, 2.05) is 18.2 Å². The molecule has 1 heteroatoms. The number of hydrogen-bond donors (Lipinski definition) is 1. The number of rotatable bonds is 2. The predicted molar refractivity (Wildman–Crippen MR) is 62.0 cm³/mol. The molecule has 0 spiro atoms. The number of aliphatic hydroxyl groups excluding tert-OH is 1. The van der Waals surface area contributed by atoms with E-state index in [1.54, 1.807) is 0 Å². The first kappa shape index (κ1) is 9.61. The molecule has 0 aliphatic heterocycles. The van der Waals surface area contributed by atoms with Crippen molar-refractivity contribution >= 4 is 10.8 Å². The number of hydrogen-bond acceptors (Lipinski definition) is 1. The van der Waals surface area contributed by atoms with Gasteiger partial charge in [-0.1, -0.05) is 48.4 Å². The van der Waals surface area contributed by atoms with Gasteiger partial charge in [-0.2, -0.15) is 0 Å². The van der Waals surface area contributed by atoms with Gasteiger partial charge in [-0.3, -0.25) is 0 Å². The molecule has 0 saturated heterocycles. The van der Waals surface area contributed by atoms with Crippen LogP contribution in [0.4, 0.5) is 0 Å². The summed E-state index contributed by atoms with van der Waals surface area (Å²) in [5, 5.41) is 10.9. The van der Waals surface area contributed by atoms with E-state index in [0.29, 0.717) is 6.42 Å². The molecular weight excluding hydrogens is 184 g/mol. The van der Waals surface area contributed by atoms with Crippen LogP contribution in [0.1, 0.15) is 12.0 Å². The molecule has 0 saturated carbocycles. The van der Waals surface area contributed by atoms with Crippen LogP contribution in [0.3, 0.4) is 0 Å². The van der Waals surface area contributed by atoms with Gasteiger partial charge in [0.25, 0.3) is 0 Å². The van der Waals surface area contributed by atoms with Crippen molar-refractivity contribution in [2.24, 2.45) is 0 Å². The van der Waals surface area contributed by atoms with Gasteiger partial charge in [-0.15, -0.1) is 0 Å². The van der Waals surface area contributed by atoms with Crippen LogP contribution < -0.4 is 0 Å². The van der Waals surface area contributed by atoms with Crippen molar-refractivity contribution in [3.05, 3.63) is 48.0 Å². The van der Waals surface area contributed by atoms with Gasteiger partial charge in [-0.25, -0.2) is 0 Å². The maximum Gasteiger partial charge on any atom is 0.107 e. The highest BCUT2D eigenvalue weighted by Gasteiger charge is 1.98. The van der Waals surface area contributed by atoms with Crippen molar-refractivity contribution < 1.29 is 5.11 Å². The second-order valence-electron chi connectivity index (χ2n) is 3.43. The zero-order valence-corrected chi connectivity index (χ0v) is 8.40. The number of fused-ring (bicyclic) bond motifs is 1. The third kappa shape index (κ3) is 2.11. The van der Waals surface area contributed by atoms with E-state index in [-0.39, 0.29) is 0 Å². The molecule has 15 heavy (non-hydrogen) atoms. The van der Waals surface area contributed by atoms with E-state index in [4.69, 9.17) is 5.11 Å². The van der Waals surface area contributed by atoms with Crippen LogP contribution in [0.25, 0.3) is 10.8 Å². The SMILES string of the molecule is OC#CCCc1cccc2ccccc12. The first-order valence-corrected chi connectivity index (χ1v) is 5.00. The molecule has 0 amide bonds. The summed E-state index contributed by atoms with van der Waals surface area (Å²) >= 11 is 0. The lowest BCUT2D eigenvalue weighted by Gasteiger charge is -2.03. The van der Waals surface area contributed by atoms with E-state index < -0.39 is 0 Å². The zero-order chi connectivity index (χ0) is 10.5. The molecule has 74 valence electrons. The predicted octanol–water partition coefficient (Wildman–Crippen LogP) is 3.11. The fraction of sp³-hybridized carbons (Fsp3) is 0.143. The fourth-order valence-corrected chi connectivity index (χ4v) is 1.76. The molecule has 2 aromatic rings. The van der Waals surface area contributed by atoms with Crippen molar-refractivity contribution in [3.8, 4) is 12.0 Å². The van der Waals surface area contributed by atoms with Gasteiger partial charge in [0.2, 0.25) is 0 Å². The summed E-state index contributed by atoms with van der Waals surface area (Å²) in [5.41, 5.74) is 1.29. The number of benzene rings is 2. The topological polar surface area (TPSA) is 20.2 Å². The fourth-order valence-electron chi connectivity index (χ4n) is 1.76. The third-order valence-corrected chi connectivity index (χ3v) is 2.48. The summed E-state index contributed by atoms with van der Waals surface area (Å²) in [5.74, 6) is 2.67. The van der Waals surface area contributed by atoms with Gasteiger partial charge in [0.05, 0.1) is 0 Å². The molecule has 0 heterocycles. The molecule has 0 aliphatic carbocycles. The van der Waals surface area contributed by atoms with Crippen molar-refractivity contribution in [2.75, 3.05) is 0 Å². The highest BCUT2D eigenvalue weighted by molar-refractivity contribution is 5.85. The van der Waals surface area contributed by atoms with E-state index in [2.05, 4.69) is 36.3 Å². The minimum atomic E-state index is 0.699. The summed E-state index contributed by atoms with van der Waals surface area (Å²) in [4.78, 5) is 0. The van der Waals surface area contributed by atoms with Gasteiger partial charge in [0, 0.05) is 6.42 Å². The highest BCUT2D eigenvalue weighted by atomic mass is 16.2. The van der Waals surface area contributed by atoms with Crippen LogP contribution in [-0.4, -0.2) is 5.11 Å². The summed E-state index contributed by atoms with van der Waals surface area (Å²) in [6, 6.07) is 14.6. The second-order valence-corrected chi connectivity index (χ2v) is 3.43. The Hall–Kier alpha value is -1.94. The van der Waals surface area contributed by atoms with Gasteiger partial charge >= 0.3 is 0 Å². The molecule has 1 N–H and O–H groups in total. The average molecular weight is 196 g/mol. The lowest BCUT2D eigenvalue weighted by Crippen LogP contribution is -1.85. The van der Waals surface area contributed by atoms with E-state index in [1.165, 1.54) is 16.3 Å². The first-order valence-electron chi connectivity index (χ1n) is 5.00. The van der Waals surface area contributed by atoms with Crippen LogP contribution in [0.2, 0.25) is 0 Å². The molecule has 0 aliphatic rings. The van der Waals surface area contributed by atoms with Crippen LogP contribution in [0.15, 0.2) is 42.5 Å². The molecule has 2 aromatic carbocycles.